The van der Waals surface area contributed by atoms with E-state index >= 15 is 0 Å². The number of benzene rings is 3. The lowest BCUT2D eigenvalue weighted by Crippen LogP contribution is -2.38. The highest BCUT2D eigenvalue weighted by atomic mass is 32.2. The number of ether oxygens (including phenoxy) is 3. The monoisotopic (exact) mass is 456 g/mol. The van der Waals surface area contributed by atoms with Gasteiger partial charge in [-0.25, -0.2) is 8.42 Å². The second-order valence-electron chi connectivity index (χ2n) is 6.64. The molecule has 0 aliphatic carbocycles. The number of hydrogen-bond donors (Lipinski definition) is 1. The minimum atomic E-state index is -4.04. The van der Waals surface area contributed by atoms with E-state index in [9.17, 15) is 13.2 Å². The molecule has 0 heterocycles. The van der Waals surface area contributed by atoms with Crippen molar-refractivity contribution in [3.8, 4) is 17.2 Å². The third-order valence-electron chi connectivity index (χ3n) is 4.65. The molecule has 0 aromatic heterocycles. The summed E-state index contributed by atoms with van der Waals surface area (Å²) in [5.74, 6) is 0.913. The largest absolute Gasteiger partial charge is 0.497 e. The summed E-state index contributed by atoms with van der Waals surface area (Å²) in [6, 6.07) is 19.3. The van der Waals surface area contributed by atoms with Gasteiger partial charge in [-0.3, -0.25) is 9.10 Å². The van der Waals surface area contributed by atoms with Crippen molar-refractivity contribution < 1.29 is 27.4 Å². The average molecular weight is 457 g/mol. The first kappa shape index (κ1) is 23.0. The molecular weight excluding hydrogens is 432 g/mol. The molecule has 3 rings (SSSR count). The van der Waals surface area contributed by atoms with Crippen LogP contribution in [0.15, 0.2) is 77.7 Å². The van der Waals surface area contributed by atoms with Gasteiger partial charge < -0.3 is 19.5 Å². The SMILES string of the molecule is COc1ccc(NC(=O)CN(c2ccc(OC)c(OC)c2)S(=O)(=O)c2ccccc2)cc1. The predicted octanol–water partition coefficient (Wildman–Crippen LogP) is 3.55. The third kappa shape index (κ3) is 5.12. The minimum Gasteiger partial charge on any atom is -0.497 e. The minimum absolute atomic E-state index is 0.0621. The van der Waals surface area contributed by atoms with Crippen LogP contribution in [0.1, 0.15) is 0 Å². The van der Waals surface area contributed by atoms with Gasteiger partial charge in [0, 0.05) is 11.8 Å². The van der Waals surface area contributed by atoms with E-state index in [2.05, 4.69) is 5.32 Å². The zero-order valence-corrected chi connectivity index (χ0v) is 18.8. The summed E-state index contributed by atoms with van der Waals surface area (Å²) >= 11 is 0. The lowest BCUT2D eigenvalue weighted by molar-refractivity contribution is -0.114. The average Bonchev–Trinajstić information content (AvgIpc) is 2.83. The van der Waals surface area contributed by atoms with E-state index in [0.717, 1.165) is 4.31 Å². The summed E-state index contributed by atoms with van der Waals surface area (Å²) in [4.78, 5) is 12.9. The first-order chi connectivity index (χ1) is 15.4. The summed E-state index contributed by atoms with van der Waals surface area (Å²) in [6.45, 7) is -0.446. The fourth-order valence-electron chi connectivity index (χ4n) is 3.02. The maximum absolute atomic E-state index is 13.4. The Bertz CT molecular complexity index is 1160. The van der Waals surface area contributed by atoms with Crippen LogP contribution in [0.5, 0.6) is 17.2 Å². The fourth-order valence-corrected chi connectivity index (χ4v) is 4.45. The number of carbonyl (C=O) groups excluding carboxylic acids is 1. The maximum atomic E-state index is 13.4. The molecule has 8 nitrogen and oxygen atoms in total. The van der Waals surface area contributed by atoms with Gasteiger partial charge in [-0.1, -0.05) is 18.2 Å². The van der Waals surface area contributed by atoms with E-state index < -0.39 is 22.5 Å². The lowest BCUT2D eigenvalue weighted by Gasteiger charge is -2.25. The number of sulfonamides is 1. The first-order valence-corrected chi connectivity index (χ1v) is 11.1. The normalized spacial score (nSPS) is 10.8. The summed E-state index contributed by atoms with van der Waals surface area (Å²) in [6.07, 6.45) is 0. The Hall–Kier alpha value is -3.72. The molecule has 32 heavy (non-hydrogen) atoms. The Labute approximate surface area is 187 Å². The summed E-state index contributed by atoms with van der Waals surface area (Å²) in [5, 5.41) is 2.71. The summed E-state index contributed by atoms with van der Waals surface area (Å²) in [7, 11) is 0.441. The Balaban J connectivity index is 1.96. The van der Waals surface area contributed by atoms with Crippen LogP contribution in [0.3, 0.4) is 0 Å². The van der Waals surface area contributed by atoms with Crippen LogP contribution in [0.2, 0.25) is 0 Å². The highest BCUT2D eigenvalue weighted by Crippen LogP contribution is 2.33. The molecule has 0 bridgehead atoms. The molecule has 168 valence electrons. The van der Waals surface area contributed by atoms with Crippen LogP contribution in [0, 0.1) is 0 Å². The highest BCUT2D eigenvalue weighted by Gasteiger charge is 2.28. The molecule has 1 amide bonds. The van der Waals surface area contributed by atoms with Crippen molar-refractivity contribution in [2.24, 2.45) is 0 Å². The van der Waals surface area contributed by atoms with Gasteiger partial charge in [-0.15, -0.1) is 0 Å². The van der Waals surface area contributed by atoms with Crippen LogP contribution in [0.25, 0.3) is 0 Å². The van der Waals surface area contributed by atoms with Gasteiger partial charge in [0.25, 0.3) is 10.0 Å². The molecular formula is C23H24N2O6S. The molecule has 0 aliphatic heterocycles. The Morgan fingerprint density at radius 1 is 0.844 bits per heavy atom. The van der Waals surface area contributed by atoms with Gasteiger partial charge in [0.15, 0.2) is 11.5 Å². The lowest BCUT2D eigenvalue weighted by atomic mass is 10.2. The van der Waals surface area contributed by atoms with Gasteiger partial charge in [-0.05, 0) is 48.5 Å². The number of nitrogens with zero attached hydrogens (tertiary/aromatic N) is 1. The van der Waals surface area contributed by atoms with Crippen molar-refractivity contribution in [3.05, 3.63) is 72.8 Å². The summed E-state index contributed by atoms with van der Waals surface area (Å²) in [5.41, 5.74) is 0.775. The topological polar surface area (TPSA) is 94.2 Å². The number of rotatable bonds is 9. The van der Waals surface area contributed by atoms with Crippen molar-refractivity contribution in [3.63, 3.8) is 0 Å². The van der Waals surface area contributed by atoms with E-state index in [1.165, 1.54) is 32.4 Å². The predicted molar refractivity (Wildman–Crippen MR) is 122 cm³/mol. The second-order valence-corrected chi connectivity index (χ2v) is 8.50. The smallest absolute Gasteiger partial charge is 0.264 e. The number of amides is 1. The molecule has 0 unspecified atom stereocenters. The Morgan fingerprint density at radius 2 is 1.50 bits per heavy atom. The number of methoxy groups -OCH3 is 3. The van der Waals surface area contributed by atoms with Crippen LogP contribution >= 0.6 is 0 Å². The summed E-state index contributed by atoms with van der Waals surface area (Å²) < 4.78 is 43.5. The van der Waals surface area contributed by atoms with Crippen molar-refractivity contribution >= 4 is 27.3 Å². The Kier molecular flexibility index (Phi) is 7.21. The van der Waals surface area contributed by atoms with Gasteiger partial charge in [0.1, 0.15) is 12.3 Å². The highest BCUT2D eigenvalue weighted by molar-refractivity contribution is 7.92. The third-order valence-corrected chi connectivity index (χ3v) is 6.44. The molecule has 0 aliphatic rings. The van der Waals surface area contributed by atoms with Crippen molar-refractivity contribution in [2.45, 2.75) is 4.90 Å². The molecule has 0 saturated carbocycles. The van der Waals surface area contributed by atoms with Crippen LogP contribution < -0.4 is 23.8 Å². The second kappa shape index (κ2) is 10.1. The zero-order valence-electron chi connectivity index (χ0n) is 17.9. The zero-order chi connectivity index (χ0) is 23.1. The quantitative estimate of drug-likeness (QED) is 0.529. The molecule has 0 radical (unpaired) electrons. The molecule has 0 fully saturated rings. The number of anilines is 2. The molecule has 1 N–H and O–H groups in total. The van der Waals surface area contributed by atoms with E-state index in [4.69, 9.17) is 14.2 Å². The molecule has 3 aromatic carbocycles. The molecule has 0 spiro atoms. The van der Waals surface area contributed by atoms with E-state index in [0.29, 0.717) is 22.9 Å². The van der Waals surface area contributed by atoms with Gasteiger partial charge in [-0.2, -0.15) is 0 Å². The number of carbonyl (C=O) groups is 1. The molecule has 3 aromatic rings. The van der Waals surface area contributed by atoms with Gasteiger partial charge >= 0.3 is 0 Å². The van der Waals surface area contributed by atoms with Gasteiger partial charge in [0.2, 0.25) is 5.91 Å². The van der Waals surface area contributed by atoms with Crippen molar-refractivity contribution in [1.82, 2.24) is 0 Å². The van der Waals surface area contributed by atoms with E-state index in [1.54, 1.807) is 61.7 Å². The van der Waals surface area contributed by atoms with Gasteiger partial charge in [0.05, 0.1) is 31.9 Å². The molecule has 9 heteroatoms. The van der Waals surface area contributed by atoms with E-state index in [-0.39, 0.29) is 10.6 Å². The fraction of sp³-hybridized carbons (Fsp3) is 0.174. The van der Waals surface area contributed by atoms with Crippen LogP contribution in [0.4, 0.5) is 11.4 Å². The Morgan fingerprint density at radius 3 is 2.09 bits per heavy atom. The van der Waals surface area contributed by atoms with E-state index in [1.807, 2.05) is 0 Å². The van der Waals surface area contributed by atoms with Crippen LogP contribution in [-0.2, 0) is 14.8 Å². The van der Waals surface area contributed by atoms with Crippen molar-refractivity contribution in [1.29, 1.82) is 0 Å². The number of nitrogens with one attached hydrogen (secondary N) is 1. The first-order valence-electron chi connectivity index (χ1n) is 9.62. The van der Waals surface area contributed by atoms with Crippen LogP contribution in [-0.4, -0.2) is 42.2 Å². The maximum Gasteiger partial charge on any atom is 0.264 e. The number of hydrogen-bond acceptors (Lipinski definition) is 6. The van der Waals surface area contributed by atoms with Crippen molar-refractivity contribution in [2.75, 3.05) is 37.5 Å². The molecule has 0 atom stereocenters. The molecule has 0 saturated heterocycles. The standard InChI is InChI=1S/C23H24N2O6S/c1-29-19-12-9-17(10-13-19)24-23(26)16-25(32(27,28)20-7-5-4-6-8-20)18-11-14-21(30-2)22(15-18)31-3/h4-15H,16H2,1-3H3,(H,24,26).